The second kappa shape index (κ2) is 14.4. The average molecular weight is 687 g/mol. The van der Waals surface area contributed by atoms with E-state index >= 15 is 0 Å². The van der Waals surface area contributed by atoms with Gasteiger partial charge in [0.15, 0.2) is 12.1 Å². The van der Waals surface area contributed by atoms with E-state index in [0.717, 1.165) is 69.9 Å². The lowest BCUT2D eigenvalue weighted by atomic mass is 9.59. The summed E-state index contributed by atoms with van der Waals surface area (Å²) in [6.07, 6.45) is 10.4. The fourth-order valence-corrected chi connectivity index (χ4v) is 11.3. The SMILES string of the molecule is NC1CC(C2(C[C@]3(O)[C@H](O)[C@@H](CO)O[C@H](OC4CCCC5C(=O)[C@H]6C=C(CC7CCCCC7)C=C(O)[C@@H]6C(=O)C45)[C@@H]3O)CCCC2)CCN1. The van der Waals surface area contributed by atoms with Crippen molar-refractivity contribution >= 4 is 11.6 Å². The van der Waals surface area contributed by atoms with Gasteiger partial charge in [-0.1, -0.05) is 57.4 Å². The highest BCUT2D eigenvalue weighted by atomic mass is 16.7. The van der Waals surface area contributed by atoms with Gasteiger partial charge in [0.1, 0.15) is 35.5 Å². The molecule has 5 aliphatic carbocycles. The number of hydrogen-bond acceptors (Lipinski definition) is 11. The number of ether oxygens (including phenoxy) is 2. The molecule has 274 valence electrons. The largest absolute Gasteiger partial charge is 0.512 e. The molecule has 0 amide bonds. The number of carbonyl (C=O) groups is 2. The Morgan fingerprint density at radius 2 is 1.71 bits per heavy atom. The molecule has 2 heterocycles. The summed E-state index contributed by atoms with van der Waals surface area (Å²) in [6, 6.07) is 0. The molecule has 0 aromatic carbocycles. The van der Waals surface area contributed by atoms with Crippen LogP contribution in [0.15, 0.2) is 23.5 Å². The highest BCUT2D eigenvalue weighted by molar-refractivity contribution is 6.02. The third-order valence-electron chi connectivity index (χ3n) is 13.8. The van der Waals surface area contributed by atoms with E-state index in [4.69, 9.17) is 15.2 Å². The Morgan fingerprint density at radius 3 is 2.43 bits per heavy atom. The number of rotatable bonds is 8. The van der Waals surface area contributed by atoms with Crippen LogP contribution < -0.4 is 11.1 Å². The van der Waals surface area contributed by atoms with E-state index in [1.54, 1.807) is 6.08 Å². The fraction of sp³-hybridized carbons (Fsp3) is 0.842. The maximum Gasteiger partial charge on any atom is 0.187 e. The minimum absolute atomic E-state index is 0.0580. The van der Waals surface area contributed by atoms with Crippen molar-refractivity contribution < 1.29 is 44.6 Å². The quantitative estimate of drug-likeness (QED) is 0.199. The van der Waals surface area contributed by atoms with Crippen molar-refractivity contribution in [3.8, 4) is 0 Å². The van der Waals surface area contributed by atoms with Gasteiger partial charge in [0, 0.05) is 5.92 Å². The maximum absolute atomic E-state index is 14.2. The summed E-state index contributed by atoms with van der Waals surface area (Å²) in [7, 11) is 0. The number of nitrogens with two attached hydrogens (primary N) is 1. The van der Waals surface area contributed by atoms with Crippen LogP contribution in [0, 0.1) is 40.9 Å². The molecular formula is C38H58N2O9. The minimum Gasteiger partial charge on any atom is -0.512 e. The lowest BCUT2D eigenvalue weighted by molar-refractivity contribution is -0.350. The second-order valence-electron chi connectivity index (χ2n) is 16.7. The van der Waals surface area contributed by atoms with Crippen molar-refractivity contribution in [3.05, 3.63) is 23.5 Å². The summed E-state index contributed by atoms with van der Waals surface area (Å²) in [5, 5.41) is 60.4. The minimum atomic E-state index is -2.05. The van der Waals surface area contributed by atoms with Gasteiger partial charge in [0.05, 0.1) is 36.6 Å². The molecule has 5 unspecified atom stereocenters. The van der Waals surface area contributed by atoms with Crippen molar-refractivity contribution in [1.29, 1.82) is 0 Å². The van der Waals surface area contributed by atoms with Crippen LogP contribution in [0.5, 0.6) is 0 Å². The summed E-state index contributed by atoms with van der Waals surface area (Å²) in [5.74, 6) is -2.74. The summed E-state index contributed by atoms with van der Waals surface area (Å²) < 4.78 is 12.4. The van der Waals surface area contributed by atoms with Gasteiger partial charge >= 0.3 is 0 Å². The average Bonchev–Trinajstić information content (AvgIpc) is 3.57. The first-order valence-electron chi connectivity index (χ1n) is 19.2. The molecule has 11 heteroatoms. The van der Waals surface area contributed by atoms with Crippen LogP contribution in [0.1, 0.15) is 103 Å². The van der Waals surface area contributed by atoms with Crippen LogP contribution in [-0.2, 0) is 19.1 Å². The van der Waals surface area contributed by atoms with Gasteiger partial charge < -0.3 is 46.1 Å². The van der Waals surface area contributed by atoms with Gasteiger partial charge in [-0.25, -0.2) is 0 Å². The second-order valence-corrected chi connectivity index (χ2v) is 16.7. The Balaban J connectivity index is 1.11. The third-order valence-corrected chi connectivity index (χ3v) is 13.8. The van der Waals surface area contributed by atoms with Crippen LogP contribution in [0.3, 0.4) is 0 Å². The zero-order valence-corrected chi connectivity index (χ0v) is 28.8. The smallest absolute Gasteiger partial charge is 0.187 e. The first kappa shape index (κ1) is 35.7. The maximum atomic E-state index is 14.2. The Labute approximate surface area is 289 Å². The summed E-state index contributed by atoms with van der Waals surface area (Å²) in [6.45, 7) is 0.153. The molecular weight excluding hydrogens is 628 g/mol. The van der Waals surface area contributed by atoms with Crippen LogP contribution in [0.4, 0.5) is 0 Å². The monoisotopic (exact) mass is 686 g/mol. The Bertz CT molecular complexity index is 1290. The van der Waals surface area contributed by atoms with Crippen LogP contribution in [0.2, 0.25) is 0 Å². The molecule has 2 saturated heterocycles. The summed E-state index contributed by atoms with van der Waals surface area (Å²) in [5.41, 5.74) is 4.82. The number of nitrogens with one attached hydrogen (secondary N) is 1. The van der Waals surface area contributed by atoms with Gasteiger partial charge in [0.2, 0.25) is 0 Å². The van der Waals surface area contributed by atoms with E-state index in [1.165, 1.54) is 19.3 Å². The first-order valence-corrected chi connectivity index (χ1v) is 19.2. The molecule has 8 N–H and O–H groups in total. The van der Waals surface area contributed by atoms with Gasteiger partial charge in [-0.15, -0.1) is 0 Å². The van der Waals surface area contributed by atoms with E-state index in [9.17, 15) is 35.1 Å². The number of aliphatic hydroxyl groups excluding tert-OH is 4. The van der Waals surface area contributed by atoms with Crippen LogP contribution in [0.25, 0.3) is 0 Å². The van der Waals surface area contributed by atoms with E-state index < -0.39 is 66.6 Å². The van der Waals surface area contributed by atoms with Crippen molar-refractivity contribution in [3.63, 3.8) is 0 Å². The topological polar surface area (TPSA) is 192 Å². The van der Waals surface area contributed by atoms with Crippen molar-refractivity contribution in [2.45, 2.75) is 145 Å². The standard InChI is InChI=1S/C38H58N2O9/c39-29-18-23(11-14-40-29)37(12-4-5-13-37)20-38(47)34(45)28(19-41)49-36(35(38)46)48-27-10-6-9-24-31(27)33(44)30-25(32(24)43)16-22(17-26(30)42)15-21-7-2-1-3-8-21/h16-17,21,23-25,27-31,34-36,40-42,45-47H,1-15,18-20,39H2/t23?,24?,25-,27?,28+,29?,30+,31?,34+,35-,36-,38-/m0/s1. The van der Waals surface area contributed by atoms with Gasteiger partial charge in [-0.2, -0.15) is 0 Å². The number of hydrogen-bond donors (Lipinski definition) is 7. The lowest BCUT2D eigenvalue weighted by Crippen LogP contribution is -2.69. The van der Waals surface area contributed by atoms with Gasteiger partial charge in [0.25, 0.3) is 0 Å². The first-order chi connectivity index (χ1) is 23.5. The molecule has 7 aliphatic rings. The van der Waals surface area contributed by atoms with Gasteiger partial charge in [-0.3, -0.25) is 9.59 Å². The third kappa shape index (κ3) is 6.60. The number of allylic oxidation sites excluding steroid dienone is 4. The van der Waals surface area contributed by atoms with E-state index in [-0.39, 0.29) is 41.2 Å². The molecule has 12 atom stereocenters. The normalized spacial score (nSPS) is 44.6. The molecule has 6 fully saturated rings. The molecule has 0 bridgehead atoms. The molecule has 2 aliphatic heterocycles. The zero-order chi connectivity index (χ0) is 34.5. The number of piperidine rings is 1. The van der Waals surface area contributed by atoms with Crippen molar-refractivity contribution in [1.82, 2.24) is 5.32 Å². The van der Waals surface area contributed by atoms with E-state index in [2.05, 4.69) is 5.32 Å². The van der Waals surface area contributed by atoms with E-state index in [1.807, 2.05) is 6.08 Å². The highest BCUT2D eigenvalue weighted by Gasteiger charge is 2.61. The molecule has 0 aromatic heterocycles. The number of Topliss-reactive ketones (excluding diaryl/α,β-unsaturated/α-hetero) is 2. The summed E-state index contributed by atoms with van der Waals surface area (Å²) in [4.78, 5) is 28.3. The predicted molar refractivity (Wildman–Crippen MR) is 180 cm³/mol. The Kier molecular flexibility index (Phi) is 10.5. The molecule has 49 heavy (non-hydrogen) atoms. The molecule has 7 rings (SSSR count). The zero-order valence-electron chi connectivity index (χ0n) is 28.8. The molecule has 0 radical (unpaired) electrons. The van der Waals surface area contributed by atoms with Crippen molar-refractivity contribution in [2.75, 3.05) is 13.2 Å². The highest BCUT2D eigenvalue weighted by Crippen LogP contribution is 2.55. The predicted octanol–water partition coefficient (Wildman–Crippen LogP) is 2.93. The molecule has 4 saturated carbocycles. The Morgan fingerprint density at radius 1 is 0.959 bits per heavy atom. The van der Waals surface area contributed by atoms with Crippen molar-refractivity contribution in [2.24, 2.45) is 46.7 Å². The van der Waals surface area contributed by atoms with Crippen LogP contribution in [-0.4, -0.2) is 92.7 Å². The Hall–Kier alpha value is -1.70. The fourth-order valence-electron chi connectivity index (χ4n) is 11.3. The lowest BCUT2D eigenvalue weighted by Gasteiger charge is -2.54. The number of carbonyl (C=O) groups excluding carboxylic acids is 2. The molecule has 0 aromatic rings. The molecule has 11 nitrogen and oxygen atoms in total. The number of aliphatic hydroxyl groups is 5. The van der Waals surface area contributed by atoms with Gasteiger partial charge in [-0.05, 0) is 86.8 Å². The summed E-state index contributed by atoms with van der Waals surface area (Å²) >= 11 is 0. The van der Waals surface area contributed by atoms with Crippen LogP contribution >= 0.6 is 0 Å². The number of ketones is 2. The number of fused-ring (bicyclic) bond motifs is 2. The van der Waals surface area contributed by atoms with E-state index in [0.29, 0.717) is 25.2 Å². The molecule has 0 spiro atoms.